The Labute approximate surface area is 74.0 Å². The van der Waals surface area contributed by atoms with Gasteiger partial charge < -0.3 is 9.74 Å². The first-order valence-corrected chi connectivity index (χ1v) is 4.85. The van der Waals surface area contributed by atoms with E-state index < -0.39 is 0 Å². The summed E-state index contributed by atoms with van der Waals surface area (Å²) in [6, 6.07) is 0.601. The predicted molar refractivity (Wildman–Crippen MR) is 47.6 cm³/mol. The molecular formula is C9H18N2O. The molecular weight excluding hydrogens is 152 g/mol. The normalized spacial score (nSPS) is 36.2. The summed E-state index contributed by atoms with van der Waals surface area (Å²) in [5.41, 5.74) is 3.08. The van der Waals surface area contributed by atoms with E-state index in [4.69, 9.17) is 4.84 Å². The van der Waals surface area contributed by atoms with E-state index in [1.54, 1.807) is 0 Å². The standard InChI is InChI=1S/C9H18N2O/c1-7(2)3-11-4-8-6-12-10-9(8)5-11/h7-10H,3-6H2,1-2H3/t8-,9+/m0/s1. The van der Waals surface area contributed by atoms with Gasteiger partial charge in [0, 0.05) is 25.6 Å². The summed E-state index contributed by atoms with van der Waals surface area (Å²) in [5, 5.41) is 0. The maximum atomic E-state index is 5.19. The van der Waals surface area contributed by atoms with Gasteiger partial charge in [0.05, 0.1) is 12.6 Å². The van der Waals surface area contributed by atoms with Gasteiger partial charge in [-0.2, -0.15) is 5.48 Å². The molecule has 70 valence electrons. The number of nitrogens with one attached hydrogen (secondary N) is 1. The number of hydroxylamine groups is 1. The largest absolute Gasteiger partial charge is 0.301 e. The highest BCUT2D eigenvalue weighted by molar-refractivity contribution is 4.90. The van der Waals surface area contributed by atoms with Crippen LogP contribution in [0.25, 0.3) is 0 Å². The Morgan fingerprint density at radius 2 is 2.33 bits per heavy atom. The van der Waals surface area contributed by atoms with Gasteiger partial charge in [0.1, 0.15) is 0 Å². The molecule has 2 fully saturated rings. The van der Waals surface area contributed by atoms with E-state index in [2.05, 4.69) is 24.2 Å². The monoisotopic (exact) mass is 170 g/mol. The lowest BCUT2D eigenvalue weighted by molar-refractivity contribution is 0.0705. The van der Waals surface area contributed by atoms with E-state index in [1.165, 1.54) is 19.6 Å². The Balaban J connectivity index is 1.82. The first-order valence-electron chi connectivity index (χ1n) is 4.85. The van der Waals surface area contributed by atoms with Crippen molar-refractivity contribution in [2.45, 2.75) is 19.9 Å². The minimum absolute atomic E-state index is 0.601. The first kappa shape index (κ1) is 8.48. The van der Waals surface area contributed by atoms with Gasteiger partial charge >= 0.3 is 0 Å². The fourth-order valence-electron chi connectivity index (χ4n) is 2.19. The molecule has 0 aromatic rings. The Kier molecular flexibility index (Phi) is 2.35. The summed E-state index contributed by atoms with van der Waals surface area (Å²) < 4.78 is 0. The van der Waals surface area contributed by atoms with Gasteiger partial charge in [-0.3, -0.25) is 0 Å². The molecule has 0 unspecified atom stereocenters. The Morgan fingerprint density at radius 3 is 3.00 bits per heavy atom. The molecule has 0 aromatic heterocycles. The second-order valence-corrected chi connectivity index (χ2v) is 4.41. The third-order valence-electron chi connectivity index (χ3n) is 2.67. The third-order valence-corrected chi connectivity index (χ3v) is 2.67. The number of likely N-dealkylation sites (tertiary alicyclic amines) is 1. The highest BCUT2D eigenvalue weighted by Gasteiger charge is 2.36. The number of hydrogen-bond acceptors (Lipinski definition) is 3. The summed E-state index contributed by atoms with van der Waals surface area (Å²) in [5.74, 6) is 1.52. The number of fused-ring (bicyclic) bond motifs is 1. The third kappa shape index (κ3) is 1.63. The molecule has 0 aliphatic carbocycles. The molecule has 3 nitrogen and oxygen atoms in total. The van der Waals surface area contributed by atoms with Crippen molar-refractivity contribution in [2.24, 2.45) is 11.8 Å². The fourth-order valence-corrected chi connectivity index (χ4v) is 2.19. The SMILES string of the molecule is CC(C)CN1C[C@H]2CON[C@@H]2C1. The number of nitrogens with zero attached hydrogens (tertiary/aromatic N) is 1. The van der Waals surface area contributed by atoms with E-state index in [0.717, 1.165) is 18.4 Å². The van der Waals surface area contributed by atoms with E-state index >= 15 is 0 Å². The molecule has 0 saturated carbocycles. The molecule has 12 heavy (non-hydrogen) atoms. The summed E-state index contributed by atoms with van der Waals surface area (Å²) >= 11 is 0. The molecule has 2 atom stereocenters. The van der Waals surface area contributed by atoms with Gasteiger partial charge in [-0.05, 0) is 5.92 Å². The maximum Gasteiger partial charge on any atom is 0.0739 e. The zero-order chi connectivity index (χ0) is 8.55. The van der Waals surface area contributed by atoms with Crippen LogP contribution in [-0.2, 0) is 4.84 Å². The topological polar surface area (TPSA) is 24.5 Å². The van der Waals surface area contributed by atoms with E-state index in [0.29, 0.717) is 6.04 Å². The molecule has 2 rings (SSSR count). The summed E-state index contributed by atoms with van der Waals surface area (Å²) in [7, 11) is 0. The molecule has 0 radical (unpaired) electrons. The van der Waals surface area contributed by atoms with Crippen LogP contribution in [-0.4, -0.2) is 37.2 Å². The van der Waals surface area contributed by atoms with Crippen LogP contribution in [0.5, 0.6) is 0 Å². The van der Waals surface area contributed by atoms with Gasteiger partial charge in [-0.1, -0.05) is 13.8 Å². The zero-order valence-corrected chi connectivity index (χ0v) is 7.92. The van der Waals surface area contributed by atoms with Crippen LogP contribution in [0.15, 0.2) is 0 Å². The lowest BCUT2D eigenvalue weighted by Crippen LogP contribution is -2.31. The van der Waals surface area contributed by atoms with Gasteiger partial charge in [-0.15, -0.1) is 0 Å². The predicted octanol–water partition coefficient (Wildman–Crippen LogP) is 0.478. The molecule has 1 N–H and O–H groups in total. The van der Waals surface area contributed by atoms with E-state index in [-0.39, 0.29) is 0 Å². The molecule has 0 spiro atoms. The lowest BCUT2D eigenvalue weighted by Gasteiger charge is -2.18. The van der Waals surface area contributed by atoms with Crippen LogP contribution in [0.1, 0.15) is 13.8 Å². The summed E-state index contributed by atoms with van der Waals surface area (Å²) in [4.78, 5) is 7.73. The van der Waals surface area contributed by atoms with Crippen molar-refractivity contribution in [3.63, 3.8) is 0 Å². The zero-order valence-electron chi connectivity index (χ0n) is 7.92. The van der Waals surface area contributed by atoms with Crippen molar-refractivity contribution >= 4 is 0 Å². The van der Waals surface area contributed by atoms with Crippen molar-refractivity contribution in [3.05, 3.63) is 0 Å². The number of hydrogen-bond donors (Lipinski definition) is 1. The number of rotatable bonds is 2. The van der Waals surface area contributed by atoms with Crippen LogP contribution in [0.2, 0.25) is 0 Å². The molecule has 2 aliphatic heterocycles. The van der Waals surface area contributed by atoms with Crippen LogP contribution >= 0.6 is 0 Å². The molecule has 3 heteroatoms. The van der Waals surface area contributed by atoms with E-state index in [1.807, 2.05) is 0 Å². The minimum atomic E-state index is 0.601. The van der Waals surface area contributed by atoms with Crippen molar-refractivity contribution in [3.8, 4) is 0 Å². The highest BCUT2D eigenvalue weighted by Crippen LogP contribution is 2.22. The van der Waals surface area contributed by atoms with Crippen molar-refractivity contribution in [1.82, 2.24) is 10.4 Å². The maximum absolute atomic E-state index is 5.19. The summed E-state index contributed by atoms with van der Waals surface area (Å²) in [6.45, 7) is 9.07. The fraction of sp³-hybridized carbons (Fsp3) is 1.00. The van der Waals surface area contributed by atoms with Crippen LogP contribution in [0, 0.1) is 11.8 Å². The van der Waals surface area contributed by atoms with Crippen molar-refractivity contribution in [2.75, 3.05) is 26.2 Å². The Morgan fingerprint density at radius 1 is 1.50 bits per heavy atom. The first-order chi connectivity index (χ1) is 5.75. The van der Waals surface area contributed by atoms with E-state index in [9.17, 15) is 0 Å². The molecule has 2 heterocycles. The quantitative estimate of drug-likeness (QED) is 0.652. The summed E-state index contributed by atoms with van der Waals surface area (Å²) in [6.07, 6.45) is 0. The molecule has 2 aliphatic rings. The van der Waals surface area contributed by atoms with Crippen LogP contribution < -0.4 is 5.48 Å². The second kappa shape index (κ2) is 3.32. The lowest BCUT2D eigenvalue weighted by atomic mass is 10.1. The highest BCUT2D eigenvalue weighted by atomic mass is 16.7. The molecule has 2 saturated heterocycles. The minimum Gasteiger partial charge on any atom is -0.301 e. The van der Waals surface area contributed by atoms with Gasteiger partial charge in [0.2, 0.25) is 0 Å². The van der Waals surface area contributed by atoms with Gasteiger partial charge in [-0.25, -0.2) is 0 Å². The van der Waals surface area contributed by atoms with Crippen LogP contribution in [0.4, 0.5) is 0 Å². The van der Waals surface area contributed by atoms with Gasteiger partial charge in [0.15, 0.2) is 0 Å². The molecule has 0 amide bonds. The average molecular weight is 170 g/mol. The molecule has 0 bridgehead atoms. The Hall–Kier alpha value is -0.120. The molecule has 0 aromatic carbocycles. The Bertz CT molecular complexity index is 149. The van der Waals surface area contributed by atoms with Crippen molar-refractivity contribution in [1.29, 1.82) is 0 Å². The van der Waals surface area contributed by atoms with Gasteiger partial charge in [0.25, 0.3) is 0 Å². The smallest absolute Gasteiger partial charge is 0.0739 e. The average Bonchev–Trinajstić information content (AvgIpc) is 2.43. The van der Waals surface area contributed by atoms with Crippen molar-refractivity contribution < 1.29 is 4.84 Å². The van der Waals surface area contributed by atoms with Crippen LogP contribution in [0.3, 0.4) is 0 Å². The second-order valence-electron chi connectivity index (χ2n) is 4.41.